The van der Waals surface area contributed by atoms with E-state index in [1.165, 1.54) is 7.11 Å². The van der Waals surface area contributed by atoms with E-state index in [1.807, 2.05) is 0 Å². The number of allylic oxidation sites excluding steroid dienone is 1. The molecule has 0 heterocycles. The maximum Gasteiger partial charge on any atom is 0.407 e. The van der Waals surface area contributed by atoms with Gasteiger partial charge in [-0.05, 0) is 17.2 Å². The van der Waals surface area contributed by atoms with E-state index < -0.39 is 16.6 Å². The number of benzene rings is 2. The molecule has 0 bridgehead atoms. The lowest BCUT2D eigenvalue weighted by Gasteiger charge is -2.11. The van der Waals surface area contributed by atoms with Crippen LogP contribution in [0.5, 0.6) is 5.75 Å². The lowest BCUT2D eigenvalue weighted by molar-refractivity contribution is -0.420. The van der Waals surface area contributed by atoms with E-state index in [9.17, 15) is 20.0 Å². The van der Waals surface area contributed by atoms with E-state index in [0.717, 1.165) is 0 Å². The summed E-state index contributed by atoms with van der Waals surface area (Å²) in [6.45, 7) is 0. The molecule has 6 heteroatoms. The summed E-state index contributed by atoms with van der Waals surface area (Å²) in [6.07, 6.45) is 0.0800. The third kappa shape index (κ3) is 3.74. The molecule has 0 fully saturated rings. The maximum atomic E-state index is 11.4. The van der Waals surface area contributed by atoms with Gasteiger partial charge in [-0.25, -0.2) is 4.79 Å². The predicted molar refractivity (Wildman–Crippen MR) is 84.7 cm³/mol. The molecule has 118 valence electrons. The van der Waals surface area contributed by atoms with Crippen molar-refractivity contribution in [2.75, 3.05) is 7.11 Å². The first kappa shape index (κ1) is 16.2. The molecule has 0 spiro atoms. The van der Waals surface area contributed by atoms with E-state index in [4.69, 9.17) is 4.74 Å². The predicted octanol–water partition coefficient (Wildman–Crippen LogP) is 3.01. The molecule has 2 aromatic rings. The largest absolute Gasteiger partial charge is 0.496 e. The summed E-state index contributed by atoms with van der Waals surface area (Å²) in [7, 11) is 1.50. The molecule has 0 aliphatic rings. The van der Waals surface area contributed by atoms with Crippen molar-refractivity contribution in [3.63, 3.8) is 0 Å². The molecule has 0 radical (unpaired) electrons. The van der Waals surface area contributed by atoms with Crippen molar-refractivity contribution in [3.8, 4) is 5.75 Å². The summed E-state index contributed by atoms with van der Waals surface area (Å²) in [4.78, 5) is 21.7. The Morgan fingerprint density at radius 3 is 2.30 bits per heavy atom. The van der Waals surface area contributed by atoms with Gasteiger partial charge in [0.1, 0.15) is 5.75 Å². The molecule has 0 aromatic heterocycles. The van der Waals surface area contributed by atoms with Gasteiger partial charge in [0.15, 0.2) is 0 Å². The molecule has 0 saturated heterocycles. The van der Waals surface area contributed by atoms with Crippen LogP contribution in [0.4, 0.5) is 0 Å². The number of nitrogens with zero attached hydrogens (tertiary/aromatic N) is 1. The Labute approximate surface area is 132 Å². The number of hydrogen-bond acceptors (Lipinski definition) is 4. The van der Waals surface area contributed by atoms with Crippen LogP contribution >= 0.6 is 0 Å². The quantitative estimate of drug-likeness (QED) is 0.503. The van der Waals surface area contributed by atoms with Crippen LogP contribution in [0.1, 0.15) is 11.1 Å². The number of nitro groups is 1. The number of aliphatic carboxylic acids is 1. The molecular weight excluding hydrogens is 298 g/mol. The SMILES string of the molecule is COc1ccccc1CC(=C(C(=O)O)[N+](=O)[O-])c1ccccc1. The molecule has 1 N–H and O–H groups in total. The van der Waals surface area contributed by atoms with Crippen molar-refractivity contribution >= 4 is 11.5 Å². The fourth-order valence-corrected chi connectivity index (χ4v) is 2.32. The van der Waals surface area contributed by atoms with Crippen molar-refractivity contribution in [1.82, 2.24) is 0 Å². The van der Waals surface area contributed by atoms with Crippen molar-refractivity contribution < 1.29 is 19.6 Å². The minimum Gasteiger partial charge on any atom is -0.496 e. The van der Waals surface area contributed by atoms with Gasteiger partial charge in [-0.1, -0.05) is 48.5 Å². The van der Waals surface area contributed by atoms with Crippen molar-refractivity contribution in [1.29, 1.82) is 0 Å². The highest BCUT2D eigenvalue weighted by molar-refractivity contribution is 5.94. The standard InChI is InChI=1S/C17H15NO5/c1-23-15-10-6-5-9-13(15)11-14(12-7-3-2-4-8-12)16(17(19)20)18(21)22/h2-10H,11H2,1H3,(H,19,20). The zero-order valence-electron chi connectivity index (χ0n) is 12.4. The first-order valence-electron chi connectivity index (χ1n) is 6.82. The Morgan fingerprint density at radius 1 is 1.13 bits per heavy atom. The number of hydrogen-bond donors (Lipinski definition) is 1. The Morgan fingerprint density at radius 2 is 1.74 bits per heavy atom. The fraction of sp³-hybridized carbons (Fsp3) is 0.118. The van der Waals surface area contributed by atoms with E-state index in [-0.39, 0.29) is 12.0 Å². The van der Waals surface area contributed by atoms with Crippen LogP contribution in [0.2, 0.25) is 0 Å². The number of carboxylic acid groups (broad SMARTS) is 1. The van der Waals surface area contributed by atoms with Crippen LogP contribution in [0.15, 0.2) is 60.3 Å². The van der Waals surface area contributed by atoms with Crippen LogP contribution in [-0.2, 0) is 11.2 Å². The third-order valence-electron chi connectivity index (χ3n) is 3.35. The van der Waals surface area contributed by atoms with Gasteiger partial charge in [-0.15, -0.1) is 0 Å². The van der Waals surface area contributed by atoms with Crippen molar-refractivity contribution in [2.24, 2.45) is 0 Å². The van der Waals surface area contributed by atoms with Crippen LogP contribution < -0.4 is 4.74 Å². The highest BCUT2D eigenvalue weighted by Gasteiger charge is 2.28. The second kappa shape index (κ2) is 7.22. The highest BCUT2D eigenvalue weighted by Crippen LogP contribution is 2.28. The second-order valence-corrected chi connectivity index (χ2v) is 4.74. The molecule has 23 heavy (non-hydrogen) atoms. The zero-order chi connectivity index (χ0) is 16.8. The summed E-state index contributed by atoms with van der Waals surface area (Å²) in [5.74, 6) is -1.02. The van der Waals surface area contributed by atoms with E-state index in [0.29, 0.717) is 16.9 Å². The average molecular weight is 313 g/mol. The van der Waals surface area contributed by atoms with E-state index in [2.05, 4.69) is 0 Å². The summed E-state index contributed by atoms with van der Waals surface area (Å²) < 4.78 is 5.24. The molecule has 0 amide bonds. The lowest BCUT2D eigenvalue weighted by atomic mass is 9.95. The van der Waals surface area contributed by atoms with E-state index >= 15 is 0 Å². The Balaban J connectivity index is 2.61. The summed E-state index contributed by atoms with van der Waals surface area (Å²) in [5, 5.41) is 20.5. The lowest BCUT2D eigenvalue weighted by Crippen LogP contribution is -2.14. The summed E-state index contributed by atoms with van der Waals surface area (Å²) in [6, 6.07) is 15.5. The first-order valence-corrected chi connectivity index (χ1v) is 6.82. The molecule has 0 saturated carbocycles. The molecule has 0 aliphatic carbocycles. The molecular formula is C17H15NO5. The molecule has 0 aliphatic heterocycles. The van der Waals surface area contributed by atoms with Gasteiger partial charge < -0.3 is 9.84 Å². The molecule has 2 aromatic carbocycles. The van der Waals surface area contributed by atoms with E-state index in [1.54, 1.807) is 54.6 Å². The Hall–Kier alpha value is -3.15. The smallest absolute Gasteiger partial charge is 0.407 e. The van der Waals surface area contributed by atoms with Crippen LogP contribution in [0.3, 0.4) is 0 Å². The number of carboxylic acids is 1. The van der Waals surface area contributed by atoms with Crippen LogP contribution in [-0.4, -0.2) is 23.1 Å². The van der Waals surface area contributed by atoms with Crippen LogP contribution in [0, 0.1) is 10.1 Å². The summed E-state index contributed by atoms with van der Waals surface area (Å²) >= 11 is 0. The van der Waals surface area contributed by atoms with Gasteiger partial charge >= 0.3 is 11.7 Å². The minimum absolute atomic E-state index is 0.0800. The average Bonchev–Trinajstić information content (AvgIpc) is 2.54. The van der Waals surface area contributed by atoms with Gasteiger partial charge in [-0.3, -0.25) is 10.1 Å². The van der Waals surface area contributed by atoms with Crippen LogP contribution in [0.25, 0.3) is 5.57 Å². The van der Waals surface area contributed by atoms with Crippen molar-refractivity contribution in [2.45, 2.75) is 6.42 Å². The first-order chi connectivity index (χ1) is 11.0. The van der Waals surface area contributed by atoms with Gasteiger partial charge in [0.2, 0.25) is 0 Å². The maximum absolute atomic E-state index is 11.4. The number of methoxy groups -OCH3 is 1. The van der Waals surface area contributed by atoms with Gasteiger partial charge in [0.05, 0.1) is 12.0 Å². The fourth-order valence-electron chi connectivity index (χ4n) is 2.32. The molecule has 0 atom stereocenters. The van der Waals surface area contributed by atoms with Gasteiger partial charge in [0, 0.05) is 12.0 Å². The van der Waals surface area contributed by atoms with Gasteiger partial charge in [0.25, 0.3) is 0 Å². The topological polar surface area (TPSA) is 89.7 Å². The number of rotatable bonds is 6. The monoisotopic (exact) mass is 313 g/mol. The summed E-state index contributed by atoms with van der Waals surface area (Å²) in [5.41, 5.74) is 0.469. The normalized spacial score (nSPS) is 11.5. The molecule has 0 unspecified atom stereocenters. The van der Waals surface area contributed by atoms with Gasteiger partial charge in [-0.2, -0.15) is 0 Å². The number of ether oxygens (including phenoxy) is 1. The number of para-hydroxylation sites is 1. The molecule has 6 nitrogen and oxygen atoms in total. The number of carbonyl (C=O) groups is 1. The highest BCUT2D eigenvalue weighted by atomic mass is 16.6. The Bertz CT molecular complexity index is 737. The van der Waals surface area contributed by atoms with Crippen molar-refractivity contribution in [3.05, 3.63) is 81.5 Å². The minimum atomic E-state index is -1.57. The second-order valence-electron chi connectivity index (χ2n) is 4.74. The Kier molecular flexibility index (Phi) is 5.09. The zero-order valence-corrected chi connectivity index (χ0v) is 12.4. The molecule has 2 rings (SSSR count). The third-order valence-corrected chi connectivity index (χ3v) is 3.35.